The van der Waals surface area contributed by atoms with Crippen molar-refractivity contribution in [3.63, 3.8) is 0 Å². The molecule has 0 saturated heterocycles. The molecule has 0 spiro atoms. The SMILES string of the molecule is Cc1ccc(C(C)NC(=O)CN(c2cccc3ccccc23)S(C)(=O)=O)cc1C. The van der Waals surface area contributed by atoms with Crippen LogP contribution in [0.5, 0.6) is 0 Å². The summed E-state index contributed by atoms with van der Waals surface area (Å²) in [7, 11) is -3.64. The Labute approximate surface area is 172 Å². The van der Waals surface area contributed by atoms with Crippen LogP contribution in [0.1, 0.15) is 29.7 Å². The topological polar surface area (TPSA) is 66.5 Å². The van der Waals surface area contributed by atoms with E-state index in [4.69, 9.17) is 0 Å². The Bertz CT molecular complexity index is 1150. The number of fused-ring (bicyclic) bond motifs is 1. The third kappa shape index (κ3) is 4.77. The molecule has 3 rings (SSSR count). The number of benzene rings is 3. The van der Waals surface area contributed by atoms with Crippen molar-refractivity contribution in [1.82, 2.24) is 5.32 Å². The van der Waals surface area contributed by atoms with Crippen LogP contribution in [0.3, 0.4) is 0 Å². The second kappa shape index (κ2) is 8.25. The van der Waals surface area contributed by atoms with E-state index in [2.05, 4.69) is 5.32 Å². The molecule has 0 aliphatic rings. The summed E-state index contributed by atoms with van der Waals surface area (Å²) in [6, 6.07) is 18.8. The van der Waals surface area contributed by atoms with Crippen LogP contribution in [-0.4, -0.2) is 27.1 Å². The molecule has 3 aromatic carbocycles. The van der Waals surface area contributed by atoms with E-state index < -0.39 is 10.0 Å². The van der Waals surface area contributed by atoms with Crippen molar-refractivity contribution >= 4 is 32.4 Å². The first-order valence-electron chi connectivity index (χ1n) is 9.49. The fourth-order valence-corrected chi connectivity index (χ4v) is 4.21. The fourth-order valence-electron chi connectivity index (χ4n) is 3.34. The smallest absolute Gasteiger partial charge is 0.241 e. The van der Waals surface area contributed by atoms with Gasteiger partial charge in [-0.15, -0.1) is 0 Å². The molecule has 0 saturated carbocycles. The third-order valence-electron chi connectivity index (χ3n) is 5.13. The summed E-state index contributed by atoms with van der Waals surface area (Å²) < 4.78 is 26.2. The number of carbonyl (C=O) groups is 1. The van der Waals surface area contributed by atoms with Crippen LogP contribution in [0.2, 0.25) is 0 Å². The molecule has 3 aromatic rings. The molecule has 6 heteroatoms. The zero-order valence-electron chi connectivity index (χ0n) is 17.1. The van der Waals surface area contributed by atoms with Gasteiger partial charge in [-0.05, 0) is 48.9 Å². The van der Waals surface area contributed by atoms with Gasteiger partial charge in [0.2, 0.25) is 15.9 Å². The van der Waals surface area contributed by atoms with Gasteiger partial charge in [-0.1, -0.05) is 54.6 Å². The van der Waals surface area contributed by atoms with E-state index in [1.807, 2.05) is 69.3 Å². The molecular weight excluding hydrogens is 384 g/mol. The van der Waals surface area contributed by atoms with Gasteiger partial charge >= 0.3 is 0 Å². The Morgan fingerprint density at radius 1 is 1.00 bits per heavy atom. The Hall–Kier alpha value is -2.86. The molecule has 1 amide bonds. The Kier molecular flexibility index (Phi) is 5.94. The van der Waals surface area contributed by atoms with Gasteiger partial charge < -0.3 is 5.32 Å². The van der Waals surface area contributed by atoms with E-state index in [9.17, 15) is 13.2 Å². The van der Waals surface area contributed by atoms with Crippen LogP contribution >= 0.6 is 0 Å². The molecule has 29 heavy (non-hydrogen) atoms. The van der Waals surface area contributed by atoms with Crippen LogP contribution in [0.15, 0.2) is 60.7 Å². The van der Waals surface area contributed by atoms with Gasteiger partial charge in [0.25, 0.3) is 0 Å². The zero-order valence-corrected chi connectivity index (χ0v) is 18.0. The minimum absolute atomic E-state index is 0.226. The highest BCUT2D eigenvalue weighted by atomic mass is 32.2. The summed E-state index contributed by atoms with van der Waals surface area (Å²) in [4.78, 5) is 12.7. The summed E-state index contributed by atoms with van der Waals surface area (Å²) in [6.45, 7) is 5.68. The number of amides is 1. The molecule has 1 unspecified atom stereocenters. The minimum atomic E-state index is -3.64. The highest BCUT2D eigenvalue weighted by molar-refractivity contribution is 7.92. The Balaban J connectivity index is 1.85. The van der Waals surface area contributed by atoms with Gasteiger partial charge in [0.1, 0.15) is 6.54 Å². The van der Waals surface area contributed by atoms with Crippen LogP contribution in [-0.2, 0) is 14.8 Å². The largest absolute Gasteiger partial charge is 0.348 e. The molecule has 5 nitrogen and oxygen atoms in total. The molecular formula is C23H26N2O3S. The Morgan fingerprint density at radius 2 is 1.69 bits per heavy atom. The van der Waals surface area contributed by atoms with E-state index in [0.717, 1.165) is 32.5 Å². The van der Waals surface area contributed by atoms with E-state index in [-0.39, 0.29) is 18.5 Å². The van der Waals surface area contributed by atoms with E-state index in [1.165, 1.54) is 5.56 Å². The number of sulfonamides is 1. The lowest BCUT2D eigenvalue weighted by molar-refractivity contribution is -0.120. The minimum Gasteiger partial charge on any atom is -0.348 e. The molecule has 0 aromatic heterocycles. The quantitative estimate of drug-likeness (QED) is 0.665. The summed E-state index contributed by atoms with van der Waals surface area (Å²) in [5.41, 5.74) is 3.82. The van der Waals surface area contributed by atoms with Gasteiger partial charge in [-0.3, -0.25) is 9.10 Å². The molecule has 1 N–H and O–H groups in total. The standard InChI is InChI=1S/C23H26N2O3S/c1-16-12-13-20(14-17(16)2)18(3)24-23(26)15-25(29(4,27)28)22-11-7-9-19-8-5-6-10-21(19)22/h5-14,18H,15H2,1-4H3,(H,24,26). The second-order valence-electron chi connectivity index (χ2n) is 7.40. The predicted molar refractivity (Wildman–Crippen MR) is 119 cm³/mol. The lowest BCUT2D eigenvalue weighted by atomic mass is 10.0. The molecule has 0 aliphatic heterocycles. The maximum absolute atomic E-state index is 12.7. The van der Waals surface area contributed by atoms with Gasteiger partial charge in [0, 0.05) is 5.39 Å². The Morgan fingerprint density at radius 3 is 2.38 bits per heavy atom. The number of aryl methyl sites for hydroxylation is 2. The predicted octanol–water partition coefficient (Wildman–Crippen LogP) is 4.10. The maximum Gasteiger partial charge on any atom is 0.241 e. The number of nitrogens with zero attached hydrogens (tertiary/aromatic N) is 1. The number of nitrogens with one attached hydrogen (secondary N) is 1. The normalized spacial score (nSPS) is 12.6. The van der Waals surface area contributed by atoms with Crippen molar-refractivity contribution in [1.29, 1.82) is 0 Å². The number of hydrogen-bond donors (Lipinski definition) is 1. The fraction of sp³-hybridized carbons (Fsp3) is 0.261. The summed E-state index contributed by atoms with van der Waals surface area (Å²) in [5.74, 6) is -0.353. The van der Waals surface area contributed by atoms with Crippen LogP contribution in [0, 0.1) is 13.8 Å². The molecule has 0 heterocycles. The molecule has 152 valence electrons. The lowest BCUT2D eigenvalue weighted by Gasteiger charge is -2.24. The van der Waals surface area contributed by atoms with Crippen LogP contribution in [0.4, 0.5) is 5.69 Å². The van der Waals surface area contributed by atoms with Crippen molar-refractivity contribution in [3.8, 4) is 0 Å². The van der Waals surface area contributed by atoms with Crippen molar-refractivity contribution in [2.24, 2.45) is 0 Å². The van der Waals surface area contributed by atoms with Crippen molar-refractivity contribution in [2.45, 2.75) is 26.8 Å². The first-order chi connectivity index (χ1) is 13.7. The van der Waals surface area contributed by atoms with Gasteiger partial charge in [0.05, 0.1) is 18.0 Å². The first kappa shape index (κ1) is 20.9. The molecule has 0 bridgehead atoms. The van der Waals surface area contributed by atoms with Crippen LogP contribution in [0.25, 0.3) is 10.8 Å². The average Bonchev–Trinajstić information content (AvgIpc) is 2.67. The van der Waals surface area contributed by atoms with Gasteiger partial charge in [-0.2, -0.15) is 0 Å². The van der Waals surface area contributed by atoms with Crippen molar-refractivity contribution < 1.29 is 13.2 Å². The molecule has 0 fully saturated rings. The number of anilines is 1. The van der Waals surface area contributed by atoms with Gasteiger partial charge in [-0.25, -0.2) is 8.42 Å². The van der Waals surface area contributed by atoms with Gasteiger partial charge in [0.15, 0.2) is 0 Å². The number of rotatable bonds is 6. The summed E-state index contributed by atoms with van der Waals surface area (Å²) >= 11 is 0. The lowest BCUT2D eigenvalue weighted by Crippen LogP contribution is -2.41. The number of carbonyl (C=O) groups excluding carboxylic acids is 1. The molecule has 0 aliphatic carbocycles. The highest BCUT2D eigenvalue weighted by Gasteiger charge is 2.23. The summed E-state index contributed by atoms with van der Waals surface area (Å²) in [5, 5.41) is 4.62. The third-order valence-corrected chi connectivity index (χ3v) is 6.26. The van der Waals surface area contributed by atoms with Crippen molar-refractivity contribution in [3.05, 3.63) is 77.4 Å². The monoisotopic (exact) mass is 410 g/mol. The van der Waals surface area contributed by atoms with Crippen molar-refractivity contribution in [2.75, 3.05) is 17.1 Å². The number of hydrogen-bond acceptors (Lipinski definition) is 3. The van der Waals surface area contributed by atoms with E-state index in [0.29, 0.717) is 5.69 Å². The van der Waals surface area contributed by atoms with Crippen LogP contribution < -0.4 is 9.62 Å². The second-order valence-corrected chi connectivity index (χ2v) is 9.31. The average molecular weight is 411 g/mol. The summed E-state index contributed by atoms with van der Waals surface area (Å²) in [6.07, 6.45) is 1.12. The first-order valence-corrected chi connectivity index (χ1v) is 11.3. The molecule has 1 atom stereocenters. The highest BCUT2D eigenvalue weighted by Crippen LogP contribution is 2.28. The zero-order chi connectivity index (χ0) is 21.2. The molecule has 0 radical (unpaired) electrons. The van der Waals surface area contributed by atoms with E-state index in [1.54, 1.807) is 12.1 Å². The maximum atomic E-state index is 12.7. The van der Waals surface area contributed by atoms with E-state index >= 15 is 0 Å².